The van der Waals surface area contributed by atoms with Gasteiger partial charge in [-0.2, -0.15) is 0 Å². The zero-order valence-electron chi connectivity index (χ0n) is 13.6. The number of hydrogen-bond acceptors (Lipinski definition) is 4. The normalized spacial score (nSPS) is 20.2. The number of rotatable bonds is 5. The average molecular weight is 380 g/mol. The number of carbonyl (C=O) groups excluding carboxylic acids is 1. The number of benzene rings is 2. The highest BCUT2D eigenvalue weighted by Crippen LogP contribution is 2.34. The molecule has 2 aromatic rings. The van der Waals surface area contributed by atoms with E-state index in [4.69, 9.17) is 32.7 Å². The Balaban J connectivity index is 1.71. The Hall–Kier alpha value is -1.59. The van der Waals surface area contributed by atoms with Crippen molar-refractivity contribution in [2.75, 3.05) is 26.3 Å². The Kier molecular flexibility index (Phi) is 5.97. The number of morpholine rings is 1. The molecule has 25 heavy (non-hydrogen) atoms. The molecular weight excluding hydrogens is 361 g/mol. The summed E-state index contributed by atoms with van der Waals surface area (Å²) < 4.78 is 11.5. The summed E-state index contributed by atoms with van der Waals surface area (Å²) in [5.41, 5.74) is 0.863. The monoisotopic (exact) mass is 379 g/mol. The highest BCUT2D eigenvalue weighted by molar-refractivity contribution is 6.42. The molecule has 1 heterocycles. The zero-order valence-corrected chi connectivity index (χ0v) is 15.1. The minimum absolute atomic E-state index is 0.246. The van der Waals surface area contributed by atoms with E-state index in [1.54, 1.807) is 18.2 Å². The summed E-state index contributed by atoms with van der Waals surface area (Å²) >= 11 is 12.2. The summed E-state index contributed by atoms with van der Waals surface area (Å²) in [5, 5.41) is 4.32. The van der Waals surface area contributed by atoms with Crippen LogP contribution in [-0.4, -0.2) is 32.3 Å². The molecule has 0 aliphatic carbocycles. The fourth-order valence-electron chi connectivity index (χ4n) is 2.90. The lowest BCUT2D eigenvalue weighted by atomic mass is 9.89. The van der Waals surface area contributed by atoms with Crippen LogP contribution in [0.2, 0.25) is 10.0 Å². The van der Waals surface area contributed by atoms with Crippen molar-refractivity contribution in [3.8, 4) is 0 Å². The van der Waals surface area contributed by atoms with E-state index in [9.17, 15) is 4.79 Å². The van der Waals surface area contributed by atoms with E-state index in [1.165, 1.54) is 0 Å². The molecule has 0 bridgehead atoms. The third-order valence-corrected chi connectivity index (χ3v) is 5.00. The topological polar surface area (TPSA) is 47.6 Å². The summed E-state index contributed by atoms with van der Waals surface area (Å²) in [5.74, 6) is -0.339. The van der Waals surface area contributed by atoms with E-state index in [0.717, 1.165) is 12.1 Å². The number of esters is 1. The largest absolute Gasteiger partial charge is 0.462 e. The molecule has 1 aliphatic rings. The number of carbonyl (C=O) groups is 1. The quantitative estimate of drug-likeness (QED) is 0.795. The van der Waals surface area contributed by atoms with Gasteiger partial charge in [0.2, 0.25) is 0 Å². The fraction of sp³-hybridized carbons (Fsp3) is 0.316. The molecule has 0 spiro atoms. The van der Waals surface area contributed by atoms with Crippen LogP contribution in [0.1, 0.15) is 22.3 Å². The molecule has 1 atom stereocenters. The number of hydrogen-bond donors (Lipinski definition) is 1. The predicted octanol–water partition coefficient (Wildman–Crippen LogP) is 4.06. The van der Waals surface area contributed by atoms with Crippen LogP contribution in [0, 0.1) is 0 Å². The molecule has 2 aromatic carbocycles. The Bertz CT molecular complexity index is 731. The minimum atomic E-state index is -0.594. The van der Waals surface area contributed by atoms with Crippen LogP contribution in [-0.2, 0) is 15.1 Å². The standard InChI is InChI=1S/C19H19Cl2NO3/c20-16-7-6-15(12-17(16)21)19(13-22-9-11-25-19)8-10-24-18(23)14-4-2-1-3-5-14/h1-7,12,22H,8-11,13H2. The van der Waals surface area contributed by atoms with Gasteiger partial charge in [0.15, 0.2) is 0 Å². The van der Waals surface area contributed by atoms with Gasteiger partial charge < -0.3 is 14.8 Å². The lowest BCUT2D eigenvalue weighted by Gasteiger charge is -2.38. The Morgan fingerprint density at radius 1 is 1.16 bits per heavy atom. The smallest absolute Gasteiger partial charge is 0.338 e. The van der Waals surface area contributed by atoms with Crippen LogP contribution in [0.5, 0.6) is 0 Å². The maximum atomic E-state index is 12.1. The van der Waals surface area contributed by atoms with Gasteiger partial charge in [0.1, 0.15) is 5.60 Å². The molecule has 1 unspecified atom stereocenters. The van der Waals surface area contributed by atoms with Crippen molar-refractivity contribution < 1.29 is 14.3 Å². The molecule has 0 aromatic heterocycles. The summed E-state index contributed by atoms with van der Waals surface area (Å²) in [6, 6.07) is 14.4. The van der Waals surface area contributed by atoms with Crippen molar-refractivity contribution in [3.05, 3.63) is 69.7 Å². The highest BCUT2D eigenvalue weighted by Gasteiger charge is 2.36. The van der Waals surface area contributed by atoms with Gasteiger partial charge >= 0.3 is 5.97 Å². The van der Waals surface area contributed by atoms with E-state index in [-0.39, 0.29) is 12.6 Å². The van der Waals surface area contributed by atoms with Gasteiger partial charge in [-0.15, -0.1) is 0 Å². The van der Waals surface area contributed by atoms with Crippen molar-refractivity contribution in [3.63, 3.8) is 0 Å². The van der Waals surface area contributed by atoms with Gasteiger partial charge in [-0.3, -0.25) is 0 Å². The second-order valence-corrected chi connectivity index (χ2v) is 6.71. The summed E-state index contributed by atoms with van der Waals surface area (Å²) in [6.45, 7) is 2.23. The number of ether oxygens (including phenoxy) is 2. The first kappa shape index (κ1) is 18.2. The summed E-state index contributed by atoms with van der Waals surface area (Å²) in [7, 11) is 0. The Morgan fingerprint density at radius 3 is 2.64 bits per heavy atom. The first-order valence-electron chi connectivity index (χ1n) is 8.13. The third-order valence-electron chi connectivity index (χ3n) is 4.26. The van der Waals surface area contributed by atoms with Gasteiger partial charge in [-0.1, -0.05) is 47.5 Å². The Labute approximate surface area is 157 Å². The molecule has 0 amide bonds. The van der Waals surface area contributed by atoms with Crippen LogP contribution in [0.15, 0.2) is 48.5 Å². The maximum Gasteiger partial charge on any atom is 0.338 e. The van der Waals surface area contributed by atoms with Crippen LogP contribution < -0.4 is 5.32 Å². The Morgan fingerprint density at radius 2 is 1.96 bits per heavy atom. The van der Waals surface area contributed by atoms with Crippen LogP contribution in [0.3, 0.4) is 0 Å². The SMILES string of the molecule is O=C(OCCC1(c2ccc(Cl)c(Cl)c2)CNCCO1)c1ccccc1. The number of halogens is 2. The highest BCUT2D eigenvalue weighted by atomic mass is 35.5. The van der Waals surface area contributed by atoms with E-state index < -0.39 is 5.60 Å². The lowest BCUT2D eigenvalue weighted by Crippen LogP contribution is -2.48. The first-order chi connectivity index (χ1) is 12.1. The first-order valence-corrected chi connectivity index (χ1v) is 8.89. The van der Waals surface area contributed by atoms with Gasteiger partial charge in [0.25, 0.3) is 0 Å². The van der Waals surface area contributed by atoms with Crippen molar-refractivity contribution >= 4 is 29.2 Å². The minimum Gasteiger partial charge on any atom is -0.462 e. The van der Waals surface area contributed by atoms with Crippen molar-refractivity contribution in [1.82, 2.24) is 5.32 Å². The third kappa shape index (κ3) is 4.33. The van der Waals surface area contributed by atoms with Crippen molar-refractivity contribution in [1.29, 1.82) is 0 Å². The van der Waals surface area contributed by atoms with Crippen molar-refractivity contribution in [2.24, 2.45) is 0 Å². The maximum absolute atomic E-state index is 12.1. The van der Waals surface area contributed by atoms with Crippen LogP contribution in [0.4, 0.5) is 0 Å². The fourth-order valence-corrected chi connectivity index (χ4v) is 3.19. The van der Waals surface area contributed by atoms with E-state index in [1.807, 2.05) is 30.3 Å². The second kappa shape index (κ2) is 8.19. The number of nitrogens with one attached hydrogen (secondary N) is 1. The molecule has 6 heteroatoms. The molecule has 1 fully saturated rings. The molecule has 0 saturated carbocycles. The summed E-state index contributed by atoms with van der Waals surface area (Å²) in [4.78, 5) is 12.1. The second-order valence-electron chi connectivity index (χ2n) is 5.90. The molecule has 4 nitrogen and oxygen atoms in total. The average Bonchev–Trinajstić information content (AvgIpc) is 2.65. The molecule has 1 N–H and O–H groups in total. The molecule has 132 valence electrons. The van der Waals surface area contributed by atoms with Gasteiger partial charge in [0, 0.05) is 19.5 Å². The molecular formula is C19H19Cl2NO3. The molecule has 1 aliphatic heterocycles. The molecule has 1 saturated heterocycles. The van der Waals surface area contributed by atoms with Crippen molar-refractivity contribution in [2.45, 2.75) is 12.0 Å². The molecule has 3 rings (SSSR count). The van der Waals surface area contributed by atoms with Crippen LogP contribution >= 0.6 is 23.2 Å². The van der Waals surface area contributed by atoms with E-state index >= 15 is 0 Å². The summed E-state index contributed by atoms with van der Waals surface area (Å²) in [6.07, 6.45) is 0.524. The van der Waals surface area contributed by atoms with E-state index in [2.05, 4.69) is 5.32 Å². The van der Waals surface area contributed by atoms with Crippen LogP contribution in [0.25, 0.3) is 0 Å². The predicted molar refractivity (Wildman–Crippen MR) is 98.3 cm³/mol. The zero-order chi connectivity index (χ0) is 17.7. The molecule has 0 radical (unpaired) electrons. The van der Waals surface area contributed by atoms with Gasteiger partial charge in [-0.05, 0) is 29.8 Å². The van der Waals surface area contributed by atoms with E-state index in [0.29, 0.717) is 35.2 Å². The van der Waals surface area contributed by atoms with Gasteiger partial charge in [0.05, 0.1) is 28.8 Å². The lowest BCUT2D eigenvalue weighted by molar-refractivity contribution is -0.0853. The van der Waals surface area contributed by atoms with Gasteiger partial charge in [-0.25, -0.2) is 4.79 Å².